The topological polar surface area (TPSA) is 67.8 Å². The highest BCUT2D eigenvalue weighted by Crippen LogP contribution is 2.20. The van der Waals surface area contributed by atoms with Crippen LogP contribution in [0.5, 0.6) is 5.75 Å². The molecule has 118 valence electrons. The van der Waals surface area contributed by atoms with Gasteiger partial charge >= 0.3 is 0 Å². The molecular formula is C16H25NO4. The number of benzene rings is 1. The van der Waals surface area contributed by atoms with Gasteiger partial charge in [0.1, 0.15) is 5.75 Å². The second-order valence-electron chi connectivity index (χ2n) is 5.04. The second-order valence-corrected chi connectivity index (χ2v) is 5.04. The van der Waals surface area contributed by atoms with Gasteiger partial charge in [0.2, 0.25) is 5.91 Å². The number of aliphatic hydroxyl groups excluding tert-OH is 1. The molecule has 5 nitrogen and oxygen atoms in total. The first kappa shape index (κ1) is 17.5. The van der Waals surface area contributed by atoms with E-state index in [1.807, 2.05) is 32.0 Å². The maximum Gasteiger partial charge on any atom is 0.223 e. The summed E-state index contributed by atoms with van der Waals surface area (Å²) in [5, 5.41) is 12.2. The standard InChI is InChI=1S/C16H25NO4/c1-12-5-4-6-15(13(12)2)21-10-8-16(19)17-9-7-14(18)11-20-3/h4-6,14,18H,7-11H2,1-3H3,(H,17,19). The van der Waals surface area contributed by atoms with Crippen molar-refractivity contribution in [2.45, 2.75) is 32.8 Å². The van der Waals surface area contributed by atoms with Crippen LogP contribution >= 0.6 is 0 Å². The van der Waals surface area contributed by atoms with Crippen molar-refractivity contribution < 1.29 is 19.4 Å². The quantitative estimate of drug-likeness (QED) is 0.726. The fourth-order valence-electron chi connectivity index (χ4n) is 1.88. The van der Waals surface area contributed by atoms with Crippen LogP contribution in [0.15, 0.2) is 18.2 Å². The number of carbonyl (C=O) groups excluding carboxylic acids is 1. The lowest BCUT2D eigenvalue weighted by Gasteiger charge is -2.12. The Kier molecular flexibility index (Phi) is 7.79. The van der Waals surface area contributed by atoms with Crippen molar-refractivity contribution in [3.63, 3.8) is 0 Å². The Hall–Kier alpha value is -1.59. The smallest absolute Gasteiger partial charge is 0.223 e. The molecule has 0 spiro atoms. The van der Waals surface area contributed by atoms with E-state index in [2.05, 4.69) is 5.32 Å². The van der Waals surface area contributed by atoms with E-state index >= 15 is 0 Å². The number of aryl methyl sites for hydroxylation is 1. The lowest BCUT2D eigenvalue weighted by atomic mass is 10.1. The average Bonchev–Trinajstić information content (AvgIpc) is 2.44. The molecule has 1 atom stereocenters. The summed E-state index contributed by atoms with van der Waals surface area (Å²) in [6.45, 7) is 5.09. The Morgan fingerprint density at radius 3 is 2.86 bits per heavy atom. The molecule has 1 aromatic carbocycles. The lowest BCUT2D eigenvalue weighted by Crippen LogP contribution is -2.29. The third kappa shape index (κ3) is 6.60. The Morgan fingerprint density at radius 2 is 2.14 bits per heavy atom. The maximum atomic E-state index is 11.6. The Morgan fingerprint density at radius 1 is 1.38 bits per heavy atom. The minimum atomic E-state index is -0.540. The Bertz CT molecular complexity index is 448. The number of methoxy groups -OCH3 is 1. The molecule has 1 unspecified atom stereocenters. The Labute approximate surface area is 126 Å². The molecule has 21 heavy (non-hydrogen) atoms. The minimum absolute atomic E-state index is 0.0788. The van der Waals surface area contributed by atoms with Gasteiger partial charge in [-0.2, -0.15) is 0 Å². The number of ether oxygens (including phenoxy) is 2. The highest BCUT2D eigenvalue weighted by Gasteiger charge is 2.06. The molecule has 0 saturated carbocycles. The fourth-order valence-corrected chi connectivity index (χ4v) is 1.88. The highest BCUT2D eigenvalue weighted by atomic mass is 16.5. The first-order valence-electron chi connectivity index (χ1n) is 7.17. The third-order valence-electron chi connectivity index (χ3n) is 3.30. The van der Waals surface area contributed by atoms with E-state index < -0.39 is 6.10 Å². The third-order valence-corrected chi connectivity index (χ3v) is 3.30. The summed E-state index contributed by atoms with van der Waals surface area (Å²) >= 11 is 0. The van der Waals surface area contributed by atoms with Gasteiger partial charge in [0.15, 0.2) is 0 Å². The van der Waals surface area contributed by atoms with Crippen molar-refractivity contribution in [1.82, 2.24) is 5.32 Å². The van der Waals surface area contributed by atoms with Crippen molar-refractivity contribution in [3.8, 4) is 5.75 Å². The van der Waals surface area contributed by atoms with Gasteiger partial charge in [-0.15, -0.1) is 0 Å². The van der Waals surface area contributed by atoms with Gasteiger partial charge in [0, 0.05) is 13.7 Å². The van der Waals surface area contributed by atoms with E-state index in [1.165, 1.54) is 12.7 Å². The van der Waals surface area contributed by atoms with Gasteiger partial charge in [-0.25, -0.2) is 0 Å². The van der Waals surface area contributed by atoms with Crippen molar-refractivity contribution in [2.75, 3.05) is 26.9 Å². The first-order chi connectivity index (χ1) is 10.0. The molecule has 1 amide bonds. The van der Waals surface area contributed by atoms with Crippen molar-refractivity contribution in [1.29, 1.82) is 0 Å². The van der Waals surface area contributed by atoms with Crippen LogP contribution in [0.4, 0.5) is 0 Å². The molecule has 0 fully saturated rings. The number of hydrogen-bond donors (Lipinski definition) is 2. The van der Waals surface area contributed by atoms with Gasteiger partial charge in [-0.3, -0.25) is 4.79 Å². The zero-order valence-electron chi connectivity index (χ0n) is 13.0. The summed E-state index contributed by atoms with van der Waals surface area (Å²) in [4.78, 5) is 11.6. The lowest BCUT2D eigenvalue weighted by molar-refractivity contribution is -0.121. The van der Waals surface area contributed by atoms with E-state index in [-0.39, 0.29) is 12.5 Å². The Balaban J connectivity index is 2.20. The van der Waals surface area contributed by atoms with Crippen LogP contribution in [-0.4, -0.2) is 44.0 Å². The molecule has 1 rings (SSSR count). The number of aliphatic hydroxyl groups is 1. The van der Waals surface area contributed by atoms with Gasteiger partial charge < -0.3 is 19.9 Å². The number of amides is 1. The molecule has 1 aromatic rings. The first-order valence-corrected chi connectivity index (χ1v) is 7.17. The van der Waals surface area contributed by atoms with E-state index in [4.69, 9.17) is 9.47 Å². The maximum absolute atomic E-state index is 11.6. The van der Waals surface area contributed by atoms with Crippen LogP contribution in [0.2, 0.25) is 0 Å². The van der Waals surface area contributed by atoms with E-state index in [0.717, 1.165) is 11.3 Å². The van der Waals surface area contributed by atoms with Crippen LogP contribution in [-0.2, 0) is 9.53 Å². The predicted octanol–water partition coefficient (Wildman–Crippen LogP) is 1.59. The van der Waals surface area contributed by atoms with E-state index in [9.17, 15) is 9.90 Å². The van der Waals surface area contributed by atoms with Gasteiger partial charge in [-0.05, 0) is 37.5 Å². The average molecular weight is 295 g/mol. The number of hydrogen-bond acceptors (Lipinski definition) is 4. The number of rotatable bonds is 9. The molecular weight excluding hydrogens is 270 g/mol. The zero-order chi connectivity index (χ0) is 15.7. The SMILES string of the molecule is COCC(O)CCNC(=O)CCOc1cccc(C)c1C. The monoisotopic (exact) mass is 295 g/mol. The summed E-state index contributed by atoms with van der Waals surface area (Å²) < 4.78 is 10.4. The molecule has 0 saturated heterocycles. The predicted molar refractivity (Wildman–Crippen MR) is 81.5 cm³/mol. The van der Waals surface area contributed by atoms with Crippen molar-refractivity contribution >= 4 is 5.91 Å². The van der Waals surface area contributed by atoms with Crippen molar-refractivity contribution in [2.24, 2.45) is 0 Å². The molecule has 0 radical (unpaired) electrons. The second kappa shape index (κ2) is 9.37. The van der Waals surface area contributed by atoms with E-state index in [0.29, 0.717) is 26.0 Å². The zero-order valence-corrected chi connectivity index (χ0v) is 13.0. The molecule has 0 aliphatic carbocycles. The van der Waals surface area contributed by atoms with E-state index in [1.54, 1.807) is 0 Å². The number of carbonyl (C=O) groups is 1. The molecule has 0 aliphatic heterocycles. The summed E-state index contributed by atoms with van der Waals surface area (Å²) in [6.07, 6.45) is 0.243. The fraction of sp³-hybridized carbons (Fsp3) is 0.562. The molecule has 2 N–H and O–H groups in total. The largest absolute Gasteiger partial charge is 0.493 e. The molecule has 0 heterocycles. The molecule has 0 bridgehead atoms. The normalized spacial score (nSPS) is 12.0. The van der Waals surface area contributed by atoms with Crippen LogP contribution in [0.1, 0.15) is 24.0 Å². The summed E-state index contributed by atoms with van der Waals surface area (Å²) in [6, 6.07) is 5.87. The van der Waals surface area contributed by atoms with Crippen molar-refractivity contribution in [3.05, 3.63) is 29.3 Å². The minimum Gasteiger partial charge on any atom is -0.493 e. The van der Waals surface area contributed by atoms with Crippen LogP contribution in [0.25, 0.3) is 0 Å². The molecule has 0 aliphatic rings. The van der Waals surface area contributed by atoms with Crippen LogP contribution in [0.3, 0.4) is 0 Å². The van der Waals surface area contributed by atoms with Crippen LogP contribution in [0, 0.1) is 13.8 Å². The molecule has 0 aromatic heterocycles. The van der Waals surface area contributed by atoms with Gasteiger partial charge in [0.05, 0.1) is 25.7 Å². The molecule has 5 heteroatoms. The van der Waals surface area contributed by atoms with Gasteiger partial charge in [-0.1, -0.05) is 12.1 Å². The number of nitrogens with one attached hydrogen (secondary N) is 1. The van der Waals surface area contributed by atoms with Crippen LogP contribution < -0.4 is 10.1 Å². The summed E-state index contributed by atoms with van der Waals surface area (Å²) in [5.74, 6) is 0.739. The highest BCUT2D eigenvalue weighted by molar-refractivity contribution is 5.75. The summed E-state index contributed by atoms with van der Waals surface area (Å²) in [5.41, 5.74) is 2.27. The summed E-state index contributed by atoms with van der Waals surface area (Å²) in [7, 11) is 1.53. The van der Waals surface area contributed by atoms with Gasteiger partial charge in [0.25, 0.3) is 0 Å².